The van der Waals surface area contributed by atoms with E-state index in [-0.39, 0.29) is 0 Å². The first-order valence-corrected chi connectivity index (χ1v) is 4.13. The maximum absolute atomic E-state index is 4.02. The lowest BCUT2D eigenvalue weighted by atomic mass is 10.1. The molecule has 0 amide bonds. The van der Waals surface area contributed by atoms with Crippen LogP contribution in [0.5, 0.6) is 0 Å². The molecule has 3 nitrogen and oxygen atoms in total. The second-order valence-electron chi connectivity index (χ2n) is 2.99. The second kappa shape index (κ2) is 2.66. The predicted molar refractivity (Wildman–Crippen MR) is 43.2 cm³/mol. The van der Waals surface area contributed by atoms with Crippen LogP contribution in [0, 0.1) is 0 Å². The van der Waals surface area contributed by atoms with Crippen LogP contribution in [-0.4, -0.2) is 28.2 Å². The first-order chi connectivity index (χ1) is 5.40. The highest BCUT2D eigenvalue weighted by atomic mass is 15.2. The van der Waals surface area contributed by atoms with Gasteiger partial charge in [-0.05, 0) is 18.5 Å². The van der Waals surface area contributed by atoms with Crippen LogP contribution in [0.25, 0.3) is 0 Å². The molecule has 11 heavy (non-hydrogen) atoms. The van der Waals surface area contributed by atoms with Crippen molar-refractivity contribution >= 4 is 0 Å². The summed E-state index contributed by atoms with van der Waals surface area (Å²) in [4.78, 5) is 2.42. The van der Waals surface area contributed by atoms with Gasteiger partial charge in [0.05, 0.1) is 11.9 Å². The molecule has 1 aliphatic heterocycles. The van der Waals surface area contributed by atoms with Gasteiger partial charge < -0.3 is 0 Å². The molecular weight excluding hydrogens is 138 g/mol. The van der Waals surface area contributed by atoms with Gasteiger partial charge in [-0.25, -0.2) is 0 Å². The van der Waals surface area contributed by atoms with E-state index in [1.807, 2.05) is 6.20 Å². The molecule has 0 saturated carbocycles. The molecule has 3 heteroatoms. The Labute approximate surface area is 66.4 Å². The molecule has 0 bridgehead atoms. The van der Waals surface area contributed by atoms with E-state index in [9.17, 15) is 0 Å². The summed E-state index contributed by atoms with van der Waals surface area (Å²) in [6.45, 7) is 5.56. The van der Waals surface area contributed by atoms with Crippen LogP contribution in [0.4, 0.5) is 0 Å². The number of hydrogen-bond donors (Lipinski definition) is 1. The molecule has 0 radical (unpaired) electrons. The largest absolute Gasteiger partial charge is 0.297 e. The molecule has 0 aliphatic carbocycles. The van der Waals surface area contributed by atoms with Crippen LogP contribution in [-0.2, 0) is 13.0 Å². The zero-order valence-corrected chi connectivity index (χ0v) is 6.80. The third kappa shape index (κ3) is 1.16. The number of likely N-dealkylation sites (N-methyl/N-ethyl adjacent to an activating group) is 1. The smallest absolute Gasteiger partial charge is 0.0524 e. The van der Waals surface area contributed by atoms with Gasteiger partial charge in [0.2, 0.25) is 0 Å². The van der Waals surface area contributed by atoms with Crippen LogP contribution in [0.15, 0.2) is 6.20 Å². The Morgan fingerprint density at radius 3 is 3.45 bits per heavy atom. The minimum Gasteiger partial charge on any atom is -0.297 e. The Morgan fingerprint density at radius 1 is 1.73 bits per heavy atom. The van der Waals surface area contributed by atoms with Gasteiger partial charge in [0.1, 0.15) is 0 Å². The fourth-order valence-electron chi connectivity index (χ4n) is 1.54. The van der Waals surface area contributed by atoms with Crippen LogP contribution >= 0.6 is 0 Å². The molecule has 0 fully saturated rings. The standard InChI is InChI=1S/C8H13N3/c1-2-11-4-3-7-5-9-10-8(7)6-11/h5H,2-4,6H2,1H3,(H,9,10). The van der Waals surface area contributed by atoms with Gasteiger partial charge in [-0.15, -0.1) is 0 Å². The summed E-state index contributed by atoms with van der Waals surface area (Å²) in [5.74, 6) is 0. The van der Waals surface area contributed by atoms with Crippen molar-refractivity contribution < 1.29 is 0 Å². The molecule has 1 N–H and O–H groups in total. The van der Waals surface area contributed by atoms with E-state index in [1.165, 1.54) is 17.8 Å². The minimum absolute atomic E-state index is 1.05. The Hall–Kier alpha value is -0.830. The summed E-state index contributed by atoms with van der Waals surface area (Å²) in [6, 6.07) is 0. The molecule has 60 valence electrons. The van der Waals surface area contributed by atoms with Crippen molar-refractivity contribution in [3.8, 4) is 0 Å². The number of hydrogen-bond acceptors (Lipinski definition) is 2. The lowest BCUT2D eigenvalue weighted by Crippen LogP contribution is -2.29. The molecule has 0 aromatic carbocycles. The fourth-order valence-corrected chi connectivity index (χ4v) is 1.54. The monoisotopic (exact) mass is 151 g/mol. The van der Waals surface area contributed by atoms with E-state index in [1.54, 1.807) is 0 Å². The normalized spacial score (nSPS) is 18.3. The third-order valence-corrected chi connectivity index (χ3v) is 2.33. The van der Waals surface area contributed by atoms with Crippen molar-refractivity contribution in [3.63, 3.8) is 0 Å². The summed E-state index contributed by atoms with van der Waals surface area (Å²) >= 11 is 0. The fraction of sp³-hybridized carbons (Fsp3) is 0.625. The second-order valence-corrected chi connectivity index (χ2v) is 2.99. The Kier molecular flexibility index (Phi) is 1.66. The molecule has 0 atom stereocenters. The van der Waals surface area contributed by atoms with E-state index in [4.69, 9.17) is 0 Å². The summed E-state index contributed by atoms with van der Waals surface area (Å²) in [7, 11) is 0. The topological polar surface area (TPSA) is 31.9 Å². The number of aromatic amines is 1. The predicted octanol–water partition coefficient (Wildman–Crippen LogP) is 0.788. The van der Waals surface area contributed by atoms with Gasteiger partial charge in [-0.1, -0.05) is 6.92 Å². The molecule has 1 aromatic rings. The first-order valence-electron chi connectivity index (χ1n) is 4.13. The van der Waals surface area contributed by atoms with Crippen molar-refractivity contribution in [2.24, 2.45) is 0 Å². The minimum atomic E-state index is 1.05. The molecule has 0 unspecified atom stereocenters. The van der Waals surface area contributed by atoms with Gasteiger partial charge >= 0.3 is 0 Å². The Morgan fingerprint density at radius 2 is 2.64 bits per heavy atom. The molecule has 0 spiro atoms. The number of H-pyrrole nitrogens is 1. The first kappa shape index (κ1) is 6.85. The summed E-state index contributed by atoms with van der Waals surface area (Å²) in [5.41, 5.74) is 2.70. The molecular formula is C8H13N3. The lowest BCUT2D eigenvalue weighted by molar-refractivity contribution is 0.265. The lowest BCUT2D eigenvalue weighted by Gasteiger charge is -2.24. The highest BCUT2D eigenvalue weighted by molar-refractivity contribution is 5.18. The highest BCUT2D eigenvalue weighted by Crippen LogP contribution is 2.14. The molecule has 1 aromatic heterocycles. The average Bonchev–Trinajstić information content (AvgIpc) is 2.50. The third-order valence-electron chi connectivity index (χ3n) is 2.33. The maximum Gasteiger partial charge on any atom is 0.0524 e. The number of nitrogens with one attached hydrogen (secondary N) is 1. The number of fused-ring (bicyclic) bond motifs is 1. The number of nitrogens with zero attached hydrogens (tertiary/aromatic N) is 2. The summed E-state index contributed by atoms with van der Waals surface area (Å²) in [6.07, 6.45) is 3.10. The van der Waals surface area contributed by atoms with Crippen LogP contribution in [0.1, 0.15) is 18.2 Å². The van der Waals surface area contributed by atoms with Gasteiger partial charge in [0.15, 0.2) is 0 Å². The van der Waals surface area contributed by atoms with Gasteiger partial charge in [0, 0.05) is 13.1 Å². The van der Waals surface area contributed by atoms with Crippen molar-refractivity contribution in [2.75, 3.05) is 13.1 Å². The van der Waals surface area contributed by atoms with Crippen molar-refractivity contribution in [1.29, 1.82) is 0 Å². The van der Waals surface area contributed by atoms with Crippen LogP contribution in [0.2, 0.25) is 0 Å². The van der Waals surface area contributed by atoms with Crippen molar-refractivity contribution in [2.45, 2.75) is 19.9 Å². The summed E-state index contributed by atoms with van der Waals surface area (Å²) < 4.78 is 0. The highest BCUT2D eigenvalue weighted by Gasteiger charge is 2.15. The quantitative estimate of drug-likeness (QED) is 0.643. The Balaban J connectivity index is 2.18. The van der Waals surface area contributed by atoms with E-state index in [0.29, 0.717) is 0 Å². The van der Waals surface area contributed by atoms with Crippen molar-refractivity contribution in [1.82, 2.24) is 15.1 Å². The number of aromatic nitrogens is 2. The van der Waals surface area contributed by atoms with Gasteiger partial charge in [0.25, 0.3) is 0 Å². The maximum atomic E-state index is 4.02. The molecule has 2 heterocycles. The van der Waals surface area contributed by atoms with E-state index < -0.39 is 0 Å². The van der Waals surface area contributed by atoms with E-state index >= 15 is 0 Å². The van der Waals surface area contributed by atoms with E-state index in [0.717, 1.165) is 19.5 Å². The zero-order valence-electron chi connectivity index (χ0n) is 6.80. The summed E-state index contributed by atoms with van der Waals surface area (Å²) in [5, 5.41) is 7.05. The molecule has 2 rings (SSSR count). The SMILES string of the molecule is CCN1CCc2cn[nH]c2C1. The van der Waals surface area contributed by atoms with E-state index in [2.05, 4.69) is 22.0 Å². The van der Waals surface area contributed by atoms with Gasteiger partial charge in [-0.2, -0.15) is 5.10 Å². The molecule has 1 aliphatic rings. The van der Waals surface area contributed by atoms with Crippen molar-refractivity contribution in [3.05, 3.63) is 17.5 Å². The number of rotatable bonds is 1. The zero-order chi connectivity index (χ0) is 7.68. The van der Waals surface area contributed by atoms with Gasteiger partial charge in [-0.3, -0.25) is 10.00 Å². The molecule has 0 saturated heterocycles. The Bertz CT molecular complexity index is 241. The average molecular weight is 151 g/mol. The van der Waals surface area contributed by atoms with Crippen LogP contribution < -0.4 is 0 Å². The van der Waals surface area contributed by atoms with Crippen LogP contribution in [0.3, 0.4) is 0 Å².